The smallest absolute Gasteiger partial charge is 0.267 e. The molecule has 3 aromatic rings. The van der Waals surface area contributed by atoms with Crippen molar-refractivity contribution in [2.75, 3.05) is 19.7 Å². The maximum absolute atomic E-state index is 12.9. The van der Waals surface area contributed by atoms with Crippen LogP contribution < -0.4 is 15.0 Å². The first-order chi connectivity index (χ1) is 15.7. The number of hydrogen-bond acceptors (Lipinski definition) is 5. The third kappa shape index (κ3) is 4.23. The number of likely N-dealkylation sites (tertiary alicyclic amines) is 1. The topological polar surface area (TPSA) is 73.7 Å². The number of aromatic nitrogens is 2. The first kappa shape index (κ1) is 20.3. The monoisotopic (exact) mass is 431 g/mol. The van der Waals surface area contributed by atoms with Gasteiger partial charge in [0, 0.05) is 31.3 Å². The van der Waals surface area contributed by atoms with Crippen LogP contribution in [0.3, 0.4) is 0 Å². The number of hydrogen-bond donors (Lipinski definition) is 0. The minimum Gasteiger partial charge on any atom is -0.485 e. The third-order valence-electron chi connectivity index (χ3n) is 6.08. The fourth-order valence-corrected chi connectivity index (χ4v) is 4.27. The number of carbonyl (C=O) groups excluding carboxylic acids is 1. The Balaban J connectivity index is 1.20. The number of carbonyl (C=O) groups is 1. The molecule has 2 aromatic carbocycles. The molecule has 1 fully saturated rings. The predicted molar refractivity (Wildman–Crippen MR) is 120 cm³/mol. The lowest BCUT2D eigenvalue weighted by Gasteiger charge is -2.35. The van der Waals surface area contributed by atoms with E-state index < -0.39 is 6.10 Å². The second kappa shape index (κ2) is 8.86. The van der Waals surface area contributed by atoms with Crippen LogP contribution in [0.1, 0.15) is 12.8 Å². The fourth-order valence-electron chi connectivity index (χ4n) is 4.27. The molecule has 1 atom stereocenters. The summed E-state index contributed by atoms with van der Waals surface area (Å²) in [5.41, 5.74) is 1.67. The molecule has 7 nitrogen and oxygen atoms in total. The average Bonchev–Trinajstić information content (AvgIpc) is 2.85. The van der Waals surface area contributed by atoms with Crippen molar-refractivity contribution in [2.45, 2.75) is 25.5 Å². The molecule has 2 aliphatic rings. The van der Waals surface area contributed by atoms with Gasteiger partial charge in [0.15, 0.2) is 11.5 Å². The van der Waals surface area contributed by atoms with Crippen LogP contribution >= 0.6 is 0 Å². The summed E-state index contributed by atoms with van der Waals surface area (Å²) in [6.07, 6.45) is 1.02. The summed E-state index contributed by atoms with van der Waals surface area (Å²) in [4.78, 5) is 27.1. The molecule has 1 saturated heterocycles. The van der Waals surface area contributed by atoms with Crippen LogP contribution in [0.25, 0.3) is 11.3 Å². The van der Waals surface area contributed by atoms with Gasteiger partial charge in [0.05, 0.1) is 5.69 Å². The highest BCUT2D eigenvalue weighted by atomic mass is 16.6. The number of nitrogens with zero attached hydrogens (tertiary/aromatic N) is 3. The molecule has 3 heterocycles. The molecule has 32 heavy (non-hydrogen) atoms. The van der Waals surface area contributed by atoms with E-state index in [1.807, 2.05) is 59.5 Å². The molecule has 0 N–H and O–H groups in total. The molecule has 0 bridgehead atoms. The van der Waals surface area contributed by atoms with Crippen LogP contribution in [-0.2, 0) is 11.3 Å². The Kier molecular flexibility index (Phi) is 5.62. The first-order valence-corrected chi connectivity index (χ1v) is 11.0. The Labute approximate surface area is 186 Å². The molecule has 1 amide bonds. The fraction of sp³-hybridized carbons (Fsp3) is 0.320. The highest BCUT2D eigenvalue weighted by Gasteiger charge is 2.33. The first-order valence-electron chi connectivity index (χ1n) is 11.0. The number of para-hydroxylation sites is 2. The largest absolute Gasteiger partial charge is 0.485 e. The molecule has 5 rings (SSSR count). The molecular formula is C25H25N3O4. The van der Waals surface area contributed by atoms with Crippen molar-refractivity contribution < 1.29 is 14.3 Å². The summed E-state index contributed by atoms with van der Waals surface area (Å²) in [5, 5.41) is 4.57. The lowest BCUT2D eigenvalue weighted by atomic mass is 9.96. The number of benzene rings is 2. The minimum absolute atomic E-state index is 0.0423. The van der Waals surface area contributed by atoms with E-state index in [2.05, 4.69) is 5.10 Å². The van der Waals surface area contributed by atoms with Crippen molar-refractivity contribution in [2.24, 2.45) is 5.92 Å². The van der Waals surface area contributed by atoms with E-state index in [1.165, 1.54) is 0 Å². The summed E-state index contributed by atoms with van der Waals surface area (Å²) < 4.78 is 13.1. The van der Waals surface area contributed by atoms with E-state index in [0.717, 1.165) is 24.1 Å². The van der Waals surface area contributed by atoms with Crippen LogP contribution in [0.2, 0.25) is 0 Å². The second-order valence-electron chi connectivity index (χ2n) is 8.24. The quantitative estimate of drug-likeness (QED) is 0.635. The van der Waals surface area contributed by atoms with E-state index in [0.29, 0.717) is 37.1 Å². The lowest BCUT2D eigenvalue weighted by molar-refractivity contribution is -0.142. The Morgan fingerprint density at radius 2 is 1.66 bits per heavy atom. The minimum atomic E-state index is -0.617. The van der Waals surface area contributed by atoms with Gasteiger partial charge in [0.1, 0.15) is 6.61 Å². The van der Waals surface area contributed by atoms with Crippen molar-refractivity contribution in [3.63, 3.8) is 0 Å². The zero-order chi connectivity index (χ0) is 21.9. The summed E-state index contributed by atoms with van der Waals surface area (Å²) >= 11 is 0. The van der Waals surface area contributed by atoms with E-state index in [-0.39, 0.29) is 18.1 Å². The number of fused-ring (bicyclic) bond motifs is 1. The number of rotatable bonds is 4. The van der Waals surface area contributed by atoms with Gasteiger partial charge in [0.2, 0.25) is 6.10 Å². The van der Waals surface area contributed by atoms with E-state index in [4.69, 9.17) is 9.47 Å². The molecular weight excluding hydrogens is 406 g/mol. The second-order valence-corrected chi connectivity index (χ2v) is 8.24. The normalized spacial score (nSPS) is 18.4. The molecule has 0 spiro atoms. The van der Waals surface area contributed by atoms with Gasteiger partial charge in [-0.2, -0.15) is 5.10 Å². The van der Waals surface area contributed by atoms with Gasteiger partial charge in [-0.25, -0.2) is 4.68 Å². The number of ether oxygens (including phenoxy) is 2. The zero-order valence-electron chi connectivity index (χ0n) is 17.7. The SMILES string of the molecule is O=C([C@H]1COc2ccccc2O1)N1CCC(Cn2nc(-c3ccccc3)ccc2=O)CC1. The van der Waals surface area contributed by atoms with Crippen molar-refractivity contribution in [3.8, 4) is 22.8 Å². The van der Waals surface area contributed by atoms with Gasteiger partial charge in [-0.3, -0.25) is 9.59 Å². The average molecular weight is 431 g/mol. The summed E-state index contributed by atoms with van der Waals surface area (Å²) in [5.74, 6) is 1.53. The predicted octanol–water partition coefficient (Wildman–Crippen LogP) is 2.99. The molecule has 1 aromatic heterocycles. The van der Waals surface area contributed by atoms with Crippen LogP contribution in [0.4, 0.5) is 0 Å². The van der Waals surface area contributed by atoms with Crippen LogP contribution in [0, 0.1) is 5.92 Å². The van der Waals surface area contributed by atoms with Crippen molar-refractivity contribution in [1.29, 1.82) is 0 Å². The van der Waals surface area contributed by atoms with Gasteiger partial charge in [-0.1, -0.05) is 42.5 Å². The van der Waals surface area contributed by atoms with Gasteiger partial charge < -0.3 is 14.4 Å². The summed E-state index contributed by atoms with van der Waals surface area (Å²) in [6, 6.07) is 20.6. The molecule has 7 heteroatoms. The Bertz CT molecular complexity index is 1150. The van der Waals surface area contributed by atoms with Crippen molar-refractivity contribution in [3.05, 3.63) is 77.1 Å². The third-order valence-corrected chi connectivity index (χ3v) is 6.08. The Hall–Kier alpha value is -3.61. The summed E-state index contributed by atoms with van der Waals surface area (Å²) in [6.45, 7) is 2.05. The van der Waals surface area contributed by atoms with Gasteiger partial charge in [-0.05, 0) is 37.0 Å². The van der Waals surface area contributed by atoms with Gasteiger partial charge in [0.25, 0.3) is 11.5 Å². The molecule has 2 aliphatic heterocycles. The van der Waals surface area contributed by atoms with Crippen molar-refractivity contribution >= 4 is 5.91 Å². The van der Waals surface area contributed by atoms with E-state index in [1.54, 1.807) is 16.8 Å². The van der Waals surface area contributed by atoms with Crippen LogP contribution in [-0.4, -0.2) is 46.4 Å². The van der Waals surface area contributed by atoms with Crippen LogP contribution in [0.15, 0.2) is 71.5 Å². The standard InChI is InChI=1S/C25H25N3O4/c29-24-11-10-20(19-6-2-1-3-7-19)26-28(24)16-18-12-14-27(15-13-18)25(30)23-17-31-21-8-4-5-9-22(21)32-23/h1-11,18,23H,12-17H2/t23-/m1/s1. The van der Waals surface area contributed by atoms with Crippen LogP contribution in [0.5, 0.6) is 11.5 Å². The lowest BCUT2D eigenvalue weighted by Crippen LogP contribution is -2.49. The number of amides is 1. The zero-order valence-corrected chi connectivity index (χ0v) is 17.7. The maximum atomic E-state index is 12.9. The molecule has 0 unspecified atom stereocenters. The number of piperidine rings is 1. The van der Waals surface area contributed by atoms with Gasteiger partial charge in [-0.15, -0.1) is 0 Å². The van der Waals surface area contributed by atoms with Crippen molar-refractivity contribution in [1.82, 2.24) is 14.7 Å². The molecule has 0 aliphatic carbocycles. The molecule has 0 radical (unpaired) electrons. The Morgan fingerprint density at radius 1 is 0.938 bits per heavy atom. The summed E-state index contributed by atoms with van der Waals surface area (Å²) in [7, 11) is 0. The molecule has 0 saturated carbocycles. The highest BCUT2D eigenvalue weighted by Crippen LogP contribution is 2.31. The molecule has 164 valence electrons. The Morgan fingerprint density at radius 3 is 2.44 bits per heavy atom. The highest BCUT2D eigenvalue weighted by molar-refractivity contribution is 5.82. The van der Waals surface area contributed by atoms with E-state index >= 15 is 0 Å². The van der Waals surface area contributed by atoms with Gasteiger partial charge >= 0.3 is 0 Å². The maximum Gasteiger partial charge on any atom is 0.267 e. The van der Waals surface area contributed by atoms with E-state index in [9.17, 15) is 9.59 Å².